The van der Waals surface area contributed by atoms with Gasteiger partial charge in [-0.15, -0.1) is 0 Å². The number of anilines is 2. The maximum Gasteiger partial charge on any atom is 0.248 e. The summed E-state index contributed by atoms with van der Waals surface area (Å²) in [6.45, 7) is 3.79. The highest BCUT2D eigenvalue weighted by Crippen LogP contribution is 2.26. The Morgan fingerprint density at radius 3 is 2.26 bits per heavy atom. The number of sulfonamides is 1. The van der Waals surface area contributed by atoms with Gasteiger partial charge in [-0.25, -0.2) is 8.42 Å². The SMILES string of the molecule is CCc1ccccc1NC(=O)[C@H](CC)N(c1ccc(OC)cc1)S(C)(=O)=O. The number of methoxy groups -OCH3 is 1. The molecule has 7 heteroatoms. The van der Waals surface area contributed by atoms with Crippen LogP contribution in [0.15, 0.2) is 48.5 Å². The highest BCUT2D eigenvalue weighted by atomic mass is 32.2. The lowest BCUT2D eigenvalue weighted by atomic mass is 10.1. The molecule has 2 aromatic carbocycles. The van der Waals surface area contributed by atoms with Crippen molar-refractivity contribution < 1.29 is 17.9 Å². The third-order valence-electron chi connectivity index (χ3n) is 4.31. The van der Waals surface area contributed by atoms with E-state index in [1.54, 1.807) is 31.2 Å². The second-order valence-corrected chi connectivity index (χ2v) is 8.04. The molecular weight excluding hydrogens is 364 g/mol. The summed E-state index contributed by atoms with van der Waals surface area (Å²) in [4.78, 5) is 13.0. The van der Waals surface area contributed by atoms with E-state index in [2.05, 4.69) is 5.32 Å². The molecule has 0 bridgehead atoms. The number of amides is 1. The highest BCUT2D eigenvalue weighted by molar-refractivity contribution is 7.92. The number of nitrogens with one attached hydrogen (secondary N) is 1. The van der Waals surface area contributed by atoms with Crippen molar-refractivity contribution in [3.05, 3.63) is 54.1 Å². The molecule has 1 N–H and O–H groups in total. The number of ether oxygens (including phenoxy) is 1. The van der Waals surface area contributed by atoms with E-state index >= 15 is 0 Å². The van der Waals surface area contributed by atoms with Gasteiger partial charge in [0.25, 0.3) is 0 Å². The molecule has 0 spiro atoms. The van der Waals surface area contributed by atoms with E-state index in [9.17, 15) is 13.2 Å². The largest absolute Gasteiger partial charge is 0.497 e. The van der Waals surface area contributed by atoms with E-state index in [-0.39, 0.29) is 5.91 Å². The molecule has 0 radical (unpaired) electrons. The maximum absolute atomic E-state index is 13.0. The van der Waals surface area contributed by atoms with Gasteiger partial charge in [0.15, 0.2) is 0 Å². The zero-order valence-corrected chi connectivity index (χ0v) is 16.9. The minimum atomic E-state index is -3.67. The van der Waals surface area contributed by atoms with Gasteiger partial charge >= 0.3 is 0 Å². The zero-order chi connectivity index (χ0) is 20.0. The highest BCUT2D eigenvalue weighted by Gasteiger charge is 2.31. The molecular formula is C20H26N2O4S. The van der Waals surface area contributed by atoms with E-state index in [1.165, 1.54) is 7.11 Å². The van der Waals surface area contributed by atoms with Crippen LogP contribution >= 0.6 is 0 Å². The summed E-state index contributed by atoms with van der Waals surface area (Å²) in [6.07, 6.45) is 2.20. The quantitative estimate of drug-likeness (QED) is 0.749. The molecule has 1 amide bonds. The Kier molecular flexibility index (Phi) is 6.85. The Balaban J connectivity index is 2.38. The molecule has 0 heterocycles. The van der Waals surface area contributed by atoms with Crippen molar-refractivity contribution in [3.63, 3.8) is 0 Å². The van der Waals surface area contributed by atoms with Gasteiger partial charge in [-0.05, 0) is 48.7 Å². The lowest BCUT2D eigenvalue weighted by Gasteiger charge is -2.30. The molecule has 0 saturated heterocycles. The minimum Gasteiger partial charge on any atom is -0.497 e. The van der Waals surface area contributed by atoms with Crippen molar-refractivity contribution in [2.45, 2.75) is 32.7 Å². The summed E-state index contributed by atoms with van der Waals surface area (Å²) < 4.78 is 31.3. The third-order valence-corrected chi connectivity index (χ3v) is 5.49. The summed E-state index contributed by atoms with van der Waals surface area (Å²) in [5.41, 5.74) is 2.12. The molecule has 2 aromatic rings. The van der Waals surface area contributed by atoms with Crippen LogP contribution in [0.1, 0.15) is 25.8 Å². The van der Waals surface area contributed by atoms with Gasteiger partial charge in [0, 0.05) is 5.69 Å². The summed E-state index contributed by atoms with van der Waals surface area (Å²) in [6, 6.07) is 13.3. The Morgan fingerprint density at radius 2 is 1.74 bits per heavy atom. The van der Waals surface area contributed by atoms with Gasteiger partial charge in [0.05, 0.1) is 19.1 Å². The smallest absolute Gasteiger partial charge is 0.248 e. The summed E-state index contributed by atoms with van der Waals surface area (Å²) in [7, 11) is -2.13. The number of para-hydroxylation sites is 1. The van der Waals surface area contributed by atoms with Crippen molar-refractivity contribution in [3.8, 4) is 5.75 Å². The van der Waals surface area contributed by atoms with Crippen molar-refractivity contribution in [2.24, 2.45) is 0 Å². The Labute approximate surface area is 161 Å². The fraction of sp³-hybridized carbons (Fsp3) is 0.350. The van der Waals surface area contributed by atoms with E-state index in [0.29, 0.717) is 23.5 Å². The van der Waals surface area contributed by atoms with Crippen LogP contribution in [0.4, 0.5) is 11.4 Å². The first-order valence-corrected chi connectivity index (χ1v) is 10.7. The van der Waals surface area contributed by atoms with Crippen LogP contribution in [-0.2, 0) is 21.2 Å². The Hall–Kier alpha value is -2.54. The van der Waals surface area contributed by atoms with Gasteiger partial charge in [-0.3, -0.25) is 9.10 Å². The molecule has 6 nitrogen and oxygen atoms in total. The summed E-state index contributed by atoms with van der Waals surface area (Å²) in [5, 5.41) is 2.89. The average molecular weight is 391 g/mol. The van der Waals surface area contributed by atoms with Crippen molar-refractivity contribution in [1.82, 2.24) is 0 Å². The van der Waals surface area contributed by atoms with Crippen molar-refractivity contribution >= 4 is 27.3 Å². The van der Waals surface area contributed by atoms with Crippen LogP contribution < -0.4 is 14.4 Å². The normalized spacial score (nSPS) is 12.3. The van der Waals surface area contributed by atoms with Gasteiger partial charge in [0.2, 0.25) is 15.9 Å². The third kappa shape index (κ3) is 5.01. The first-order chi connectivity index (χ1) is 12.8. The average Bonchev–Trinajstić information content (AvgIpc) is 2.65. The number of hydrogen-bond acceptors (Lipinski definition) is 4. The van der Waals surface area contributed by atoms with E-state index in [4.69, 9.17) is 4.74 Å². The molecule has 0 aliphatic rings. The second-order valence-electron chi connectivity index (χ2n) is 6.18. The predicted molar refractivity (Wildman–Crippen MR) is 109 cm³/mol. The van der Waals surface area contributed by atoms with Crippen LogP contribution in [0.3, 0.4) is 0 Å². The number of carbonyl (C=O) groups excluding carboxylic acids is 1. The Bertz CT molecular complexity index is 879. The molecule has 0 unspecified atom stereocenters. The standard InChI is InChI=1S/C20H26N2O4S/c1-5-15-9-7-8-10-18(15)21-20(23)19(6-2)22(27(4,24)25)16-11-13-17(26-3)14-12-16/h7-14,19H,5-6H2,1-4H3,(H,21,23)/t19-/m0/s1. The molecule has 1 atom stereocenters. The van der Waals surface area contributed by atoms with Crippen molar-refractivity contribution in [1.29, 1.82) is 0 Å². The van der Waals surface area contributed by atoms with Crippen LogP contribution in [0.2, 0.25) is 0 Å². The fourth-order valence-corrected chi connectivity index (χ4v) is 4.17. The predicted octanol–water partition coefficient (Wildman–Crippen LogP) is 3.44. The number of hydrogen-bond donors (Lipinski definition) is 1. The first kappa shape index (κ1) is 20.8. The first-order valence-electron chi connectivity index (χ1n) is 8.84. The number of aryl methyl sites for hydroxylation is 1. The number of rotatable bonds is 8. The van der Waals surface area contributed by atoms with Gasteiger partial charge in [-0.2, -0.15) is 0 Å². The van der Waals surface area contributed by atoms with Crippen LogP contribution in [-0.4, -0.2) is 33.7 Å². The van der Waals surface area contributed by atoms with Crippen LogP contribution in [0.25, 0.3) is 0 Å². The maximum atomic E-state index is 13.0. The molecule has 27 heavy (non-hydrogen) atoms. The summed E-state index contributed by atoms with van der Waals surface area (Å²) >= 11 is 0. The van der Waals surface area contributed by atoms with Crippen LogP contribution in [0, 0.1) is 0 Å². The molecule has 0 saturated carbocycles. The minimum absolute atomic E-state index is 0.333. The van der Waals surface area contributed by atoms with E-state index < -0.39 is 16.1 Å². The molecule has 0 aliphatic carbocycles. The second kappa shape index (κ2) is 8.90. The number of nitrogens with zero attached hydrogens (tertiary/aromatic N) is 1. The lowest BCUT2D eigenvalue weighted by molar-refractivity contribution is -0.117. The molecule has 0 fully saturated rings. The van der Waals surface area contributed by atoms with E-state index in [0.717, 1.165) is 22.5 Å². The molecule has 146 valence electrons. The van der Waals surface area contributed by atoms with E-state index in [1.807, 2.05) is 31.2 Å². The monoisotopic (exact) mass is 390 g/mol. The van der Waals surface area contributed by atoms with Gasteiger partial charge in [-0.1, -0.05) is 32.0 Å². The topological polar surface area (TPSA) is 75.7 Å². The zero-order valence-electron chi connectivity index (χ0n) is 16.1. The summed E-state index contributed by atoms with van der Waals surface area (Å²) in [5.74, 6) is 0.251. The van der Waals surface area contributed by atoms with Crippen molar-refractivity contribution in [2.75, 3.05) is 23.0 Å². The fourth-order valence-electron chi connectivity index (χ4n) is 2.96. The van der Waals surface area contributed by atoms with Crippen LogP contribution in [0.5, 0.6) is 5.75 Å². The molecule has 0 aliphatic heterocycles. The van der Waals surface area contributed by atoms with Gasteiger partial charge in [0.1, 0.15) is 11.8 Å². The van der Waals surface area contributed by atoms with Gasteiger partial charge < -0.3 is 10.1 Å². The Morgan fingerprint density at radius 1 is 1.11 bits per heavy atom. The molecule has 0 aromatic heterocycles. The number of carbonyl (C=O) groups is 1. The number of benzene rings is 2. The molecule has 2 rings (SSSR count). The lowest BCUT2D eigenvalue weighted by Crippen LogP contribution is -2.47.